The van der Waals surface area contributed by atoms with Crippen LogP contribution in [-0.4, -0.2) is 14.5 Å². The van der Waals surface area contributed by atoms with Gasteiger partial charge >= 0.3 is 0 Å². The fourth-order valence-electron chi connectivity index (χ4n) is 9.81. The Morgan fingerprint density at radius 1 is 0.357 bits per heavy atom. The Hall–Kier alpha value is -7.36. The van der Waals surface area contributed by atoms with Crippen LogP contribution in [0.2, 0.25) is 0 Å². The lowest BCUT2D eigenvalue weighted by Crippen LogP contribution is -2.25. The molecule has 0 atom stereocenters. The summed E-state index contributed by atoms with van der Waals surface area (Å²) in [6.07, 6.45) is 0. The van der Waals surface area contributed by atoms with E-state index < -0.39 is 5.41 Å². The normalized spacial score (nSPS) is 13.1. The van der Waals surface area contributed by atoms with E-state index in [0.29, 0.717) is 5.82 Å². The number of hydrogen-bond donors (Lipinski definition) is 0. The van der Waals surface area contributed by atoms with Crippen molar-refractivity contribution in [3.8, 4) is 61.8 Å². The lowest BCUT2D eigenvalue weighted by Gasteiger charge is -2.30. The van der Waals surface area contributed by atoms with Crippen LogP contribution in [0.5, 0.6) is 0 Å². The molecule has 12 rings (SSSR count). The predicted molar refractivity (Wildman–Crippen MR) is 229 cm³/mol. The van der Waals surface area contributed by atoms with E-state index in [4.69, 9.17) is 9.97 Å². The topological polar surface area (TPSA) is 30.7 Å². The number of aromatic nitrogens is 3. The fraction of sp³-hybridized carbons (Fsp3) is 0.0189. The van der Waals surface area contributed by atoms with Gasteiger partial charge in [-0.25, -0.2) is 9.97 Å². The molecule has 56 heavy (non-hydrogen) atoms. The number of nitrogens with zero attached hydrogens (tertiary/aromatic N) is 3. The largest absolute Gasteiger partial charge is 0.309 e. The van der Waals surface area contributed by atoms with E-state index in [1.54, 1.807) is 0 Å². The first-order valence-corrected chi connectivity index (χ1v) is 19.3. The number of hydrogen-bond acceptors (Lipinski definition) is 2. The Bertz CT molecular complexity index is 3110. The van der Waals surface area contributed by atoms with Gasteiger partial charge in [0.1, 0.15) is 0 Å². The lowest BCUT2D eigenvalue weighted by atomic mass is 9.70. The van der Waals surface area contributed by atoms with Gasteiger partial charge < -0.3 is 4.57 Å². The molecule has 2 aliphatic rings. The zero-order valence-electron chi connectivity index (χ0n) is 30.4. The van der Waals surface area contributed by atoms with Crippen LogP contribution < -0.4 is 0 Å². The van der Waals surface area contributed by atoms with Crippen LogP contribution in [0, 0.1) is 0 Å². The molecule has 2 aliphatic carbocycles. The van der Waals surface area contributed by atoms with Gasteiger partial charge in [0.2, 0.25) is 0 Å². The average Bonchev–Trinajstić information content (AvgIpc) is 3.89. The minimum absolute atomic E-state index is 0.427. The van der Waals surface area contributed by atoms with Gasteiger partial charge in [0.25, 0.3) is 0 Å². The number of benzene rings is 8. The van der Waals surface area contributed by atoms with Crippen molar-refractivity contribution in [2.45, 2.75) is 5.41 Å². The SMILES string of the molecule is c1ccc(-c2cc(-c3cccc4c3-c3ccccc3C43c4ccccc4-c4ccccc43)nc(-c3cccc(-n4c5ccccc5c5ccccc54)c3)n2)cc1. The maximum Gasteiger partial charge on any atom is 0.160 e. The van der Waals surface area contributed by atoms with Gasteiger partial charge in [-0.05, 0) is 74.8 Å². The summed E-state index contributed by atoms with van der Waals surface area (Å²) in [6, 6.07) is 72.3. The van der Waals surface area contributed by atoms with Crippen LogP contribution in [-0.2, 0) is 5.41 Å². The molecule has 260 valence electrons. The first-order chi connectivity index (χ1) is 27.8. The fourth-order valence-corrected chi connectivity index (χ4v) is 9.81. The smallest absolute Gasteiger partial charge is 0.160 e. The molecule has 3 heteroatoms. The summed E-state index contributed by atoms with van der Waals surface area (Å²) in [4.78, 5) is 10.8. The summed E-state index contributed by atoms with van der Waals surface area (Å²) < 4.78 is 2.36. The zero-order valence-corrected chi connectivity index (χ0v) is 30.4. The summed E-state index contributed by atoms with van der Waals surface area (Å²) in [7, 11) is 0. The Labute approximate surface area is 324 Å². The summed E-state index contributed by atoms with van der Waals surface area (Å²) in [5.41, 5.74) is 18.3. The van der Waals surface area contributed by atoms with Gasteiger partial charge in [-0.15, -0.1) is 0 Å². The van der Waals surface area contributed by atoms with Crippen LogP contribution in [0.1, 0.15) is 22.3 Å². The maximum absolute atomic E-state index is 5.48. The molecule has 0 saturated carbocycles. The second-order valence-corrected chi connectivity index (χ2v) is 14.9. The molecule has 2 heterocycles. The van der Waals surface area contributed by atoms with E-state index in [-0.39, 0.29) is 0 Å². The van der Waals surface area contributed by atoms with E-state index in [0.717, 1.165) is 33.8 Å². The first kappa shape index (κ1) is 31.0. The van der Waals surface area contributed by atoms with Crippen molar-refractivity contribution in [2.75, 3.05) is 0 Å². The molecule has 0 unspecified atom stereocenters. The molecular weight excluding hydrogens is 679 g/mol. The van der Waals surface area contributed by atoms with Crippen LogP contribution in [0.15, 0.2) is 200 Å². The molecule has 0 amide bonds. The first-order valence-electron chi connectivity index (χ1n) is 19.3. The molecule has 0 bridgehead atoms. The van der Waals surface area contributed by atoms with E-state index >= 15 is 0 Å². The molecule has 0 saturated heterocycles. The third-order valence-corrected chi connectivity index (χ3v) is 12.0. The Kier molecular flexibility index (Phi) is 6.55. The molecule has 3 nitrogen and oxygen atoms in total. The molecule has 10 aromatic rings. The van der Waals surface area contributed by atoms with Gasteiger partial charge in [-0.3, -0.25) is 0 Å². The van der Waals surface area contributed by atoms with E-state index in [2.05, 4.69) is 205 Å². The molecule has 0 N–H and O–H groups in total. The molecule has 0 fully saturated rings. The Morgan fingerprint density at radius 3 is 1.55 bits per heavy atom. The van der Waals surface area contributed by atoms with Gasteiger partial charge in [-0.2, -0.15) is 0 Å². The summed E-state index contributed by atoms with van der Waals surface area (Å²) in [6.45, 7) is 0. The molecule has 1 spiro atoms. The minimum atomic E-state index is -0.427. The Morgan fingerprint density at radius 2 is 0.857 bits per heavy atom. The highest BCUT2D eigenvalue weighted by atomic mass is 15.0. The molecule has 2 aromatic heterocycles. The maximum atomic E-state index is 5.48. The van der Waals surface area contributed by atoms with Gasteiger partial charge in [-0.1, -0.05) is 170 Å². The summed E-state index contributed by atoms with van der Waals surface area (Å²) in [5, 5.41) is 2.48. The standard InChI is InChI=1S/C53H33N3/c1-2-16-34(17-3-1)47-33-48(55-52(54-47)35-18-14-19-36(32-35)56-49-30-12-7-22-39(49)40-23-8-13-31-50(40)56)42-25-15-29-46-51(42)41-24-6-11-28-45(41)53(46)43-26-9-4-20-37(43)38-21-5-10-27-44(38)53/h1-33H. The molecule has 0 radical (unpaired) electrons. The minimum Gasteiger partial charge on any atom is -0.309 e. The van der Waals surface area contributed by atoms with Crippen molar-refractivity contribution in [1.29, 1.82) is 0 Å². The molecule has 8 aromatic carbocycles. The average molecular weight is 712 g/mol. The van der Waals surface area contributed by atoms with Crippen molar-refractivity contribution in [3.63, 3.8) is 0 Å². The van der Waals surface area contributed by atoms with Crippen molar-refractivity contribution in [1.82, 2.24) is 14.5 Å². The highest BCUT2D eigenvalue weighted by molar-refractivity contribution is 6.09. The van der Waals surface area contributed by atoms with Crippen LogP contribution in [0.4, 0.5) is 0 Å². The summed E-state index contributed by atoms with van der Waals surface area (Å²) >= 11 is 0. The third-order valence-electron chi connectivity index (χ3n) is 12.0. The Balaban J connectivity index is 1.10. The van der Waals surface area contributed by atoms with Crippen molar-refractivity contribution in [2.24, 2.45) is 0 Å². The van der Waals surface area contributed by atoms with Crippen molar-refractivity contribution in [3.05, 3.63) is 222 Å². The van der Waals surface area contributed by atoms with Crippen molar-refractivity contribution < 1.29 is 0 Å². The highest BCUT2D eigenvalue weighted by Crippen LogP contribution is 2.63. The predicted octanol–water partition coefficient (Wildman–Crippen LogP) is 12.9. The lowest BCUT2D eigenvalue weighted by molar-refractivity contribution is 0.794. The van der Waals surface area contributed by atoms with Crippen LogP contribution >= 0.6 is 0 Å². The second kappa shape index (κ2) is 11.8. The van der Waals surface area contributed by atoms with Gasteiger partial charge in [0.15, 0.2) is 5.82 Å². The quantitative estimate of drug-likeness (QED) is 0.182. The van der Waals surface area contributed by atoms with Crippen LogP contribution in [0.3, 0.4) is 0 Å². The van der Waals surface area contributed by atoms with E-state index in [1.165, 1.54) is 66.3 Å². The number of fused-ring (bicyclic) bond motifs is 13. The monoisotopic (exact) mass is 711 g/mol. The van der Waals surface area contributed by atoms with Crippen molar-refractivity contribution >= 4 is 21.8 Å². The van der Waals surface area contributed by atoms with Crippen LogP contribution in [0.25, 0.3) is 83.6 Å². The summed E-state index contributed by atoms with van der Waals surface area (Å²) in [5.74, 6) is 0.694. The molecular formula is C53H33N3. The highest BCUT2D eigenvalue weighted by Gasteiger charge is 2.52. The van der Waals surface area contributed by atoms with Gasteiger partial charge in [0.05, 0.1) is 27.8 Å². The molecule has 0 aliphatic heterocycles. The number of rotatable bonds is 4. The second-order valence-electron chi connectivity index (χ2n) is 14.9. The third kappa shape index (κ3) is 4.22. The van der Waals surface area contributed by atoms with E-state index in [1.807, 2.05) is 0 Å². The van der Waals surface area contributed by atoms with E-state index in [9.17, 15) is 0 Å². The zero-order chi connectivity index (χ0) is 36.8. The van der Waals surface area contributed by atoms with Gasteiger partial charge in [0, 0.05) is 33.2 Å². The number of para-hydroxylation sites is 2.